The van der Waals surface area contributed by atoms with Gasteiger partial charge in [0.1, 0.15) is 0 Å². The summed E-state index contributed by atoms with van der Waals surface area (Å²) in [5, 5.41) is 4.36. The van der Waals surface area contributed by atoms with E-state index in [0.29, 0.717) is 13.2 Å². The highest BCUT2D eigenvalue weighted by Crippen LogP contribution is 2.36. The van der Waals surface area contributed by atoms with E-state index in [0.717, 1.165) is 24.5 Å². The van der Waals surface area contributed by atoms with Gasteiger partial charge in [-0.2, -0.15) is 5.10 Å². The Hall–Kier alpha value is -0.870. The van der Waals surface area contributed by atoms with E-state index in [9.17, 15) is 0 Å². The van der Waals surface area contributed by atoms with Crippen LogP contribution < -0.4 is 5.73 Å². The number of aryl methyl sites for hydroxylation is 1. The van der Waals surface area contributed by atoms with Gasteiger partial charge in [0.15, 0.2) is 0 Å². The largest absolute Gasteiger partial charge is 0.367 e. The zero-order valence-electron chi connectivity index (χ0n) is 12.3. The average Bonchev–Trinajstić information content (AvgIpc) is 2.85. The fraction of sp³-hybridized carbons (Fsp3) is 0.800. The normalized spacial score (nSPS) is 27.6. The highest BCUT2D eigenvalue weighted by atomic mass is 16.5. The van der Waals surface area contributed by atoms with Crippen LogP contribution in [0.3, 0.4) is 0 Å². The molecule has 1 aromatic heterocycles. The number of hydrogen-bond acceptors (Lipinski definition) is 3. The number of hydrogen-bond donors (Lipinski definition) is 1. The SMILES string of the molecule is CCCC1CCC(CN)(OCc2ccn(C)n2)CC1. The Labute approximate surface area is 116 Å². The minimum absolute atomic E-state index is 0.109. The van der Waals surface area contributed by atoms with Crippen molar-refractivity contribution in [1.29, 1.82) is 0 Å². The summed E-state index contributed by atoms with van der Waals surface area (Å²) in [6.45, 7) is 3.47. The zero-order chi connectivity index (χ0) is 13.7. The van der Waals surface area contributed by atoms with E-state index in [4.69, 9.17) is 10.5 Å². The van der Waals surface area contributed by atoms with Crippen LogP contribution in [0.4, 0.5) is 0 Å². The van der Waals surface area contributed by atoms with Gasteiger partial charge in [-0.15, -0.1) is 0 Å². The summed E-state index contributed by atoms with van der Waals surface area (Å²) < 4.78 is 7.96. The van der Waals surface area contributed by atoms with Crippen molar-refractivity contribution in [1.82, 2.24) is 9.78 Å². The third-order valence-corrected chi connectivity index (χ3v) is 4.38. The van der Waals surface area contributed by atoms with Crippen molar-refractivity contribution < 1.29 is 4.74 Å². The van der Waals surface area contributed by atoms with Crippen LogP contribution in [0.1, 0.15) is 51.1 Å². The zero-order valence-corrected chi connectivity index (χ0v) is 12.3. The van der Waals surface area contributed by atoms with Crippen LogP contribution in [0.5, 0.6) is 0 Å². The van der Waals surface area contributed by atoms with Crippen LogP contribution in [0.15, 0.2) is 12.3 Å². The molecule has 4 nitrogen and oxygen atoms in total. The molecule has 1 aliphatic carbocycles. The first-order valence-electron chi connectivity index (χ1n) is 7.50. The summed E-state index contributed by atoms with van der Waals surface area (Å²) in [6.07, 6.45) is 9.30. The lowest BCUT2D eigenvalue weighted by Crippen LogP contribution is -2.44. The van der Waals surface area contributed by atoms with E-state index in [1.165, 1.54) is 25.7 Å². The van der Waals surface area contributed by atoms with Gasteiger partial charge in [-0.3, -0.25) is 4.68 Å². The first-order chi connectivity index (χ1) is 9.17. The lowest BCUT2D eigenvalue weighted by Gasteiger charge is -2.39. The van der Waals surface area contributed by atoms with Crippen molar-refractivity contribution in [3.8, 4) is 0 Å². The third-order valence-electron chi connectivity index (χ3n) is 4.38. The predicted molar refractivity (Wildman–Crippen MR) is 76.6 cm³/mol. The Morgan fingerprint density at radius 2 is 2.21 bits per heavy atom. The van der Waals surface area contributed by atoms with Crippen molar-refractivity contribution in [2.24, 2.45) is 18.7 Å². The van der Waals surface area contributed by atoms with Gasteiger partial charge in [0, 0.05) is 19.8 Å². The second-order valence-corrected chi connectivity index (χ2v) is 5.89. The van der Waals surface area contributed by atoms with Crippen LogP contribution in [-0.4, -0.2) is 21.9 Å². The maximum absolute atomic E-state index is 6.14. The summed E-state index contributed by atoms with van der Waals surface area (Å²) >= 11 is 0. The van der Waals surface area contributed by atoms with Crippen LogP contribution in [0.2, 0.25) is 0 Å². The average molecular weight is 265 g/mol. The second-order valence-electron chi connectivity index (χ2n) is 5.89. The third kappa shape index (κ3) is 3.80. The Morgan fingerprint density at radius 1 is 1.47 bits per heavy atom. The monoisotopic (exact) mass is 265 g/mol. The van der Waals surface area contributed by atoms with Crippen LogP contribution in [0, 0.1) is 5.92 Å². The van der Waals surface area contributed by atoms with E-state index < -0.39 is 0 Å². The summed E-state index contributed by atoms with van der Waals surface area (Å²) in [5.41, 5.74) is 6.86. The van der Waals surface area contributed by atoms with Gasteiger partial charge in [-0.1, -0.05) is 19.8 Å². The van der Waals surface area contributed by atoms with E-state index in [2.05, 4.69) is 12.0 Å². The molecule has 0 aromatic carbocycles. The molecule has 0 spiro atoms. The Balaban J connectivity index is 1.86. The summed E-state index contributed by atoms with van der Waals surface area (Å²) in [7, 11) is 1.93. The van der Waals surface area contributed by atoms with Gasteiger partial charge in [0.25, 0.3) is 0 Å². The smallest absolute Gasteiger partial charge is 0.0914 e. The molecule has 1 heterocycles. The molecular formula is C15H27N3O. The predicted octanol–water partition coefficient (Wildman–Crippen LogP) is 2.62. The Bertz CT molecular complexity index is 380. The van der Waals surface area contributed by atoms with E-state index in [1.54, 1.807) is 0 Å². The van der Waals surface area contributed by atoms with Crippen molar-refractivity contribution in [3.63, 3.8) is 0 Å². The maximum Gasteiger partial charge on any atom is 0.0914 e. The highest BCUT2D eigenvalue weighted by molar-refractivity contribution is 4.98. The fourth-order valence-electron chi connectivity index (χ4n) is 3.08. The topological polar surface area (TPSA) is 53.1 Å². The maximum atomic E-state index is 6.14. The van der Waals surface area contributed by atoms with Crippen molar-refractivity contribution >= 4 is 0 Å². The molecule has 0 aliphatic heterocycles. The van der Waals surface area contributed by atoms with E-state index in [1.807, 2.05) is 24.0 Å². The molecule has 1 fully saturated rings. The molecule has 1 aliphatic rings. The first kappa shape index (κ1) is 14.5. The second kappa shape index (κ2) is 6.53. The molecule has 1 saturated carbocycles. The lowest BCUT2D eigenvalue weighted by molar-refractivity contribution is -0.0827. The van der Waals surface area contributed by atoms with Gasteiger partial charge in [0.05, 0.1) is 17.9 Å². The standard InChI is InChI=1S/C15H27N3O/c1-3-4-13-5-8-15(12-16,9-6-13)19-11-14-7-10-18(2)17-14/h7,10,13H,3-6,8-9,11-12,16H2,1-2H3. The molecule has 0 unspecified atom stereocenters. The van der Waals surface area contributed by atoms with Crippen LogP contribution in [-0.2, 0) is 18.4 Å². The minimum atomic E-state index is -0.109. The molecule has 2 rings (SSSR count). The summed E-state index contributed by atoms with van der Waals surface area (Å²) in [6, 6.07) is 2.01. The van der Waals surface area contributed by atoms with Gasteiger partial charge >= 0.3 is 0 Å². The van der Waals surface area contributed by atoms with Crippen molar-refractivity contribution in [2.45, 2.75) is 57.7 Å². The number of nitrogens with two attached hydrogens (primary N) is 1. The van der Waals surface area contributed by atoms with Crippen LogP contribution in [0.25, 0.3) is 0 Å². The van der Waals surface area contributed by atoms with Gasteiger partial charge in [-0.25, -0.2) is 0 Å². The molecule has 0 amide bonds. The summed E-state index contributed by atoms with van der Waals surface area (Å²) in [4.78, 5) is 0. The number of ether oxygens (including phenoxy) is 1. The Kier molecular flexibility index (Phi) is 4.99. The molecule has 0 bridgehead atoms. The molecule has 108 valence electrons. The molecular weight excluding hydrogens is 238 g/mol. The van der Waals surface area contributed by atoms with Crippen molar-refractivity contribution in [2.75, 3.05) is 6.54 Å². The molecule has 0 saturated heterocycles. The molecule has 1 aromatic rings. The quantitative estimate of drug-likeness (QED) is 0.860. The van der Waals surface area contributed by atoms with Crippen LogP contribution >= 0.6 is 0 Å². The fourth-order valence-corrected chi connectivity index (χ4v) is 3.08. The molecule has 4 heteroatoms. The first-order valence-corrected chi connectivity index (χ1v) is 7.50. The molecule has 0 atom stereocenters. The Morgan fingerprint density at radius 3 is 2.74 bits per heavy atom. The van der Waals surface area contributed by atoms with E-state index in [-0.39, 0.29) is 5.60 Å². The van der Waals surface area contributed by atoms with E-state index >= 15 is 0 Å². The number of nitrogens with zero attached hydrogens (tertiary/aromatic N) is 2. The number of aromatic nitrogens is 2. The lowest BCUT2D eigenvalue weighted by atomic mass is 9.77. The molecule has 2 N–H and O–H groups in total. The minimum Gasteiger partial charge on any atom is -0.367 e. The highest BCUT2D eigenvalue weighted by Gasteiger charge is 2.34. The molecule has 19 heavy (non-hydrogen) atoms. The summed E-state index contributed by atoms with van der Waals surface area (Å²) in [5.74, 6) is 0.878. The number of rotatable bonds is 6. The molecule has 0 radical (unpaired) electrons. The van der Waals surface area contributed by atoms with Gasteiger partial charge in [0.2, 0.25) is 0 Å². The van der Waals surface area contributed by atoms with Gasteiger partial charge in [-0.05, 0) is 37.7 Å². The van der Waals surface area contributed by atoms with Gasteiger partial charge < -0.3 is 10.5 Å². The van der Waals surface area contributed by atoms with Crippen molar-refractivity contribution in [3.05, 3.63) is 18.0 Å².